The number of hydrogen-bond donors (Lipinski definition) is 0. The van der Waals surface area contributed by atoms with E-state index < -0.39 is 15.7 Å². The van der Waals surface area contributed by atoms with Crippen molar-refractivity contribution in [3.05, 3.63) is 96.4 Å². The van der Waals surface area contributed by atoms with Gasteiger partial charge in [-0.2, -0.15) is 0 Å². The molecule has 4 rings (SSSR count). The first-order valence-corrected chi connectivity index (χ1v) is 14.3. The molecule has 0 saturated heterocycles. The van der Waals surface area contributed by atoms with Crippen LogP contribution in [-0.4, -0.2) is 27.3 Å². The highest BCUT2D eigenvalue weighted by molar-refractivity contribution is 6.33. The third kappa shape index (κ3) is 6.50. The van der Waals surface area contributed by atoms with Gasteiger partial charge in [-0.1, -0.05) is 100 Å². The maximum absolute atomic E-state index is 13.1. The Morgan fingerprint density at radius 1 is 0.974 bits per heavy atom. The van der Waals surface area contributed by atoms with E-state index in [9.17, 15) is 4.79 Å². The fourth-order valence-electron chi connectivity index (χ4n) is 3.73. The zero-order chi connectivity index (χ0) is 27.1. The molecule has 1 heterocycles. The van der Waals surface area contributed by atoms with Gasteiger partial charge in [0.2, 0.25) is 15.7 Å². The summed E-state index contributed by atoms with van der Waals surface area (Å²) in [6.07, 6.45) is 1.76. The van der Waals surface area contributed by atoms with Crippen LogP contribution in [0.1, 0.15) is 46.1 Å². The van der Waals surface area contributed by atoms with E-state index in [1.165, 1.54) is 0 Å². The van der Waals surface area contributed by atoms with E-state index in [0.29, 0.717) is 17.4 Å². The number of carbonyl (C=O) groups excluding carboxylic acids is 1. The molecule has 0 radical (unpaired) electrons. The average Bonchev–Trinajstić information content (AvgIpc) is 3.37. The molecule has 4 aromatic rings. The fourth-order valence-corrected chi connectivity index (χ4v) is 4.78. The van der Waals surface area contributed by atoms with E-state index >= 15 is 0 Å². The normalized spacial score (nSPS) is 12.3. The van der Waals surface area contributed by atoms with E-state index in [-0.39, 0.29) is 23.1 Å². The van der Waals surface area contributed by atoms with Gasteiger partial charge in [-0.15, -0.1) is 0 Å². The summed E-state index contributed by atoms with van der Waals surface area (Å²) in [4.78, 5) is 18.0. The van der Waals surface area contributed by atoms with Gasteiger partial charge >= 0.3 is 5.97 Å². The number of hydrogen-bond acceptors (Lipinski definition) is 5. The first-order valence-electron chi connectivity index (χ1n) is 13.0. The van der Waals surface area contributed by atoms with Gasteiger partial charge in [0.25, 0.3) is 0 Å². The predicted molar refractivity (Wildman–Crippen MR) is 156 cm³/mol. The molecule has 1 aromatic heterocycles. The lowest BCUT2D eigenvalue weighted by atomic mass is 9.99. The van der Waals surface area contributed by atoms with Crippen molar-refractivity contribution >= 4 is 27.4 Å². The number of oxazole rings is 1. The largest absolute Gasteiger partial charge is 0.549 e. The Hall–Kier alpha value is -3.90. The lowest BCUT2D eigenvalue weighted by Crippen LogP contribution is -2.24. The summed E-state index contributed by atoms with van der Waals surface area (Å²) in [5, 5.41) is 0.168. The van der Waals surface area contributed by atoms with Crippen LogP contribution in [0.25, 0.3) is 34.2 Å². The Labute approximate surface area is 227 Å². The molecule has 38 heavy (non-hydrogen) atoms. The molecule has 0 unspecified atom stereocenters. The quantitative estimate of drug-likeness (QED) is 0.122. The van der Waals surface area contributed by atoms with Gasteiger partial charge in [0.05, 0.1) is 6.61 Å². The van der Waals surface area contributed by atoms with Crippen molar-refractivity contribution < 1.29 is 18.4 Å². The van der Waals surface area contributed by atoms with Crippen LogP contribution < -0.4 is 4.43 Å². The summed E-state index contributed by atoms with van der Waals surface area (Å²) in [6.45, 7) is 11.0. The van der Waals surface area contributed by atoms with Crippen molar-refractivity contribution in [2.75, 3.05) is 6.61 Å². The smallest absolute Gasteiger partial charge is 0.343 e. The van der Waals surface area contributed by atoms with Crippen LogP contribution in [0.15, 0.2) is 89.3 Å². The minimum atomic E-state index is -0.829. The van der Waals surface area contributed by atoms with Crippen LogP contribution in [0.5, 0.6) is 5.75 Å². The highest BCUT2D eigenvalue weighted by Gasteiger charge is 2.25. The van der Waals surface area contributed by atoms with Gasteiger partial charge < -0.3 is 13.6 Å². The minimum Gasteiger partial charge on any atom is -0.549 e. The molecule has 0 aliphatic heterocycles. The second kappa shape index (κ2) is 12.1. The summed E-state index contributed by atoms with van der Waals surface area (Å²) >= 11 is 0. The molecule has 0 fully saturated rings. The number of aromatic nitrogens is 1. The Kier molecular flexibility index (Phi) is 8.64. The number of nitrogens with zero attached hydrogens (tertiary/aromatic N) is 1. The summed E-state index contributed by atoms with van der Waals surface area (Å²) < 4.78 is 18.0. The van der Waals surface area contributed by atoms with E-state index in [1.807, 2.05) is 84.9 Å². The maximum atomic E-state index is 13.1. The lowest BCUT2D eigenvalue weighted by Gasteiger charge is -2.28. The molecule has 0 aliphatic carbocycles. The van der Waals surface area contributed by atoms with Gasteiger partial charge in [0.15, 0.2) is 5.76 Å². The molecule has 0 spiro atoms. The first kappa shape index (κ1) is 27.1. The van der Waals surface area contributed by atoms with E-state index in [4.69, 9.17) is 18.6 Å². The van der Waals surface area contributed by atoms with Crippen molar-refractivity contribution in [1.82, 2.24) is 4.98 Å². The summed E-state index contributed by atoms with van der Waals surface area (Å²) in [5.41, 5.74) is 3.51. The van der Waals surface area contributed by atoms with Crippen LogP contribution in [-0.2, 0) is 9.53 Å². The van der Waals surface area contributed by atoms with Gasteiger partial charge in [-0.05, 0) is 41.7 Å². The van der Waals surface area contributed by atoms with Crippen molar-refractivity contribution in [2.45, 2.75) is 39.7 Å². The Bertz CT molecular complexity index is 1330. The molecule has 0 aliphatic rings. The Balaban J connectivity index is 1.76. The molecule has 0 saturated carbocycles. The average molecular weight is 526 g/mol. The van der Waals surface area contributed by atoms with Gasteiger partial charge in [0, 0.05) is 11.1 Å². The zero-order valence-corrected chi connectivity index (χ0v) is 24.1. The van der Waals surface area contributed by atoms with Crippen LogP contribution in [0.3, 0.4) is 0 Å². The predicted octanol–water partition coefficient (Wildman–Crippen LogP) is 7.43. The number of esters is 1. The molecule has 6 heteroatoms. The lowest BCUT2D eigenvalue weighted by molar-refractivity contribution is -0.136. The first-order chi connectivity index (χ1) is 18.3. The van der Waals surface area contributed by atoms with Crippen LogP contribution in [0.2, 0.25) is 5.04 Å². The van der Waals surface area contributed by atoms with Gasteiger partial charge in [0.1, 0.15) is 17.0 Å². The SMILES string of the molecule is CCOC(=O)C(=Cc1cccc(O[SiH2]C(C)(C)C(C)C)c1)c1nc(-c2ccccc2)c(-c2ccccc2)o1. The summed E-state index contributed by atoms with van der Waals surface area (Å²) in [6, 6.07) is 27.4. The van der Waals surface area contributed by atoms with E-state index in [0.717, 1.165) is 22.4 Å². The standard InChI is InChI=1S/C32H35NO4Si/c1-6-35-31(34)27(21-23-14-13-19-26(20-23)37-38-32(4,5)22(2)3)30-33-28(24-15-9-7-10-16-24)29(36-30)25-17-11-8-12-18-25/h7-22H,6,38H2,1-5H3. The van der Waals surface area contributed by atoms with Crippen LogP contribution >= 0.6 is 0 Å². The zero-order valence-electron chi connectivity index (χ0n) is 22.7. The van der Waals surface area contributed by atoms with Crippen LogP contribution in [0, 0.1) is 5.92 Å². The second-order valence-electron chi connectivity index (χ2n) is 10.2. The van der Waals surface area contributed by atoms with Crippen molar-refractivity contribution in [1.29, 1.82) is 0 Å². The van der Waals surface area contributed by atoms with Crippen LogP contribution in [0.4, 0.5) is 0 Å². The highest BCUT2D eigenvalue weighted by atomic mass is 28.2. The molecule has 0 bridgehead atoms. The molecular weight excluding hydrogens is 490 g/mol. The molecule has 0 N–H and O–H groups in total. The molecule has 5 nitrogen and oxygen atoms in total. The van der Waals surface area contributed by atoms with Crippen molar-refractivity contribution in [3.63, 3.8) is 0 Å². The summed E-state index contributed by atoms with van der Waals surface area (Å²) in [5.74, 6) is 1.65. The fraction of sp³-hybridized carbons (Fsp3) is 0.250. The third-order valence-electron chi connectivity index (χ3n) is 6.78. The monoisotopic (exact) mass is 525 g/mol. The number of ether oxygens (including phenoxy) is 1. The Morgan fingerprint density at radius 2 is 1.63 bits per heavy atom. The van der Waals surface area contributed by atoms with Crippen molar-refractivity contribution in [3.8, 4) is 28.3 Å². The maximum Gasteiger partial charge on any atom is 0.343 e. The van der Waals surface area contributed by atoms with Gasteiger partial charge in [-0.3, -0.25) is 0 Å². The van der Waals surface area contributed by atoms with Crippen molar-refractivity contribution in [2.24, 2.45) is 5.92 Å². The number of carbonyl (C=O) groups is 1. The molecular formula is C32H35NO4Si. The topological polar surface area (TPSA) is 61.6 Å². The third-order valence-corrected chi connectivity index (χ3v) is 8.82. The number of benzene rings is 3. The molecule has 0 amide bonds. The van der Waals surface area contributed by atoms with Gasteiger partial charge in [-0.25, -0.2) is 9.78 Å². The molecule has 0 atom stereocenters. The second-order valence-corrected chi connectivity index (χ2v) is 12.6. The number of rotatable bonds is 10. The van der Waals surface area contributed by atoms with E-state index in [2.05, 4.69) is 27.7 Å². The van der Waals surface area contributed by atoms with E-state index in [1.54, 1.807) is 13.0 Å². The minimum absolute atomic E-state index is 0.168. The highest BCUT2D eigenvalue weighted by Crippen LogP contribution is 2.36. The Morgan fingerprint density at radius 3 is 2.26 bits per heavy atom. The molecule has 3 aromatic carbocycles. The molecule has 196 valence electrons. The summed E-state index contributed by atoms with van der Waals surface area (Å²) in [7, 11) is -0.829.